The van der Waals surface area contributed by atoms with Crippen molar-refractivity contribution in [3.05, 3.63) is 31.5 Å². The average molecular weight is 333 g/mol. The summed E-state index contributed by atoms with van der Waals surface area (Å²) in [6, 6.07) is 2.77. The Morgan fingerprint density at radius 1 is 1.60 bits per heavy atom. The Morgan fingerprint density at radius 3 is 3.00 bits per heavy atom. The lowest BCUT2D eigenvalue weighted by atomic mass is 10.0. The summed E-state index contributed by atoms with van der Waals surface area (Å²) in [4.78, 5) is 0. The molecule has 0 amide bonds. The Hall–Kier alpha value is 0.130. The van der Waals surface area contributed by atoms with E-state index in [4.69, 9.17) is 0 Å². The maximum atomic E-state index is 3.59. The molecule has 0 radical (unpaired) electrons. The van der Waals surface area contributed by atoms with Crippen LogP contribution >= 0.6 is 33.9 Å². The van der Waals surface area contributed by atoms with Crippen molar-refractivity contribution >= 4 is 33.9 Å². The second kappa shape index (κ2) is 5.46. The Balaban J connectivity index is 2.18. The van der Waals surface area contributed by atoms with E-state index < -0.39 is 0 Å². The van der Waals surface area contributed by atoms with Gasteiger partial charge in [0.15, 0.2) is 0 Å². The minimum atomic E-state index is 0.470. The molecule has 1 aromatic heterocycles. The van der Waals surface area contributed by atoms with Gasteiger partial charge in [-0.3, -0.25) is 0 Å². The molecule has 0 aromatic carbocycles. The molecule has 0 spiro atoms. The van der Waals surface area contributed by atoms with E-state index in [2.05, 4.69) is 52.4 Å². The molecule has 1 unspecified atom stereocenters. The van der Waals surface area contributed by atoms with Crippen LogP contribution in [0.15, 0.2) is 23.1 Å². The molecule has 1 nitrogen and oxygen atoms in total. The van der Waals surface area contributed by atoms with Crippen molar-refractivity contribution in [1.82, 2.24) is 5.32 Å². The molecule has 1 heterocycles. The second-order valence-corrected chi connectivity index (χ2v) is 6.65. The monoisotopic (exact) mass is 333 g/mol. The summed E-state index contributed by atoms with van der Waals surface area (Å²) in [7, 11) is 0. The Morgan fingerprint density at radius 2 is 2.47 bits per heavy atom. The first-order valence-corrected chi connectivity index (χ1v) is 7.43. The van der Waals surface area contributed by atoms with Gasteiger partial charge in [0.2, 0.25) is 0 Å². The summed E-state index contributed by atoms with van der Waals surface area (Å²) >= 11 is 4.23. The topological polar surface area (TPSA) is 12.0 Å². The molecular weight excluding hydrogens is 317 g/mol. The SMILES string of the molecule is CCNC(C1=CCCC1)c1csc(I)c1. The van der Waals surface area contributed by atoms with E-state index in [1.807, 2.05) is 11.3 Å². The first kappa shape index (κ1) is 11.6. The summed E-state index contributed by atoms with van der Waals surface area (Å²) in [5.41, 5.74) is 3.03. The fourth-order valence-corrected chi connectivity index (χ4v) is 3.50. The Bertz CT molecular complexity index is 356. The van der Waals surface area contributed by atoms with E-state index in [0.29, 0.717) is 6.04 Å². The van der Waals surface area contributed by atoms with Crippen LogP contribution in [0.5, 0.6) is 0 Å². The van der Waals surface area contributed by atoms with Crippen LogP contribution in [0.1, 0.15) is 37.8 Å². The number of allylic oxidation sites excluding steroid dienone is 1. The van der Waals surface area contributed by atoms with Gasteiger partial charge in [0.25, 0.3) is 0 Å². The highest BCUT2D eigenvalue weighted by Gasteiger charge is 2.18. The van der Waals surface area contributed by atoms with Crippen LogP contribution in [0.3, 0.4) is 0 Å². The molecule has 3 heteroatoms. The molecule has 0 fully saturated rings. The van der Waals surface area contributed by atoms with Gasteiger partial charge in [0, 0.05) is 0 Å². The van der Waals surface area contributed by atoms with Gasteiger partial charge in [0.1, 0.15) is 0 Å². The molecule has 0 aliphatic heterocycles. The van der Waals surface area contributed by atoms with Crippen LogP contribution in [0.4, 0.5) is 0 Å². The van der Waals surface area contributed by atoms with Gasteiger partial charge in [-0.2, -0.15) is 0 Å². The first-order chi connectivity index (χ1) is 7.31. The van der Waals surface area contributed by atoms with Gasteiger partial charge < -0.3 is 5.32 Å². The number of hydrogen-bond acceptors (Lipinski definition) is 2. The molecular formula is C12H16INS. The zero-order chi connectivity index (χ0) is 10.7. The fraction of sp³-hybridized carbons (Fsp3) is 0.500. The summed E-state index contributed by atoms with van der Waals surface area (Å²) in [6.45, 7) is 3.22. The number of rotatable bonds is 4. The van der Waals surface area contributed by atoms with Crippen molar-refractivity contribution in [2.75, 3.05) is 6.54 Å². The lowest BCUT2D eigenvalue weighted by molar-refractivity contribution is 0.607. The number of thiophene rings is 1. The van der Waals surface area contributed by atoms with Gasteiger partial charge in [-0.1, -0.05) is 18.6 Å². The highest BCUT2D eigenvalue weighted by atomic mass is 127. The highest BCUT2D eigenvalue weighted by molar-refractivity contribution is 14.1. The van der Waals surface area contributed by atoms with E-state index in [9.17, 15) is 0 Å². The van der Waals surface area contributed by atoms with Gasteiger partial charge in [-0.15, -0.1) is 11.3 Å². The molecule has 1 aliphatic rings. The van der Waals surface area contributed by atoms with Crippen LogP contribution in [0.25, 0.3) is 0 Å². The van der Waals surface area contributed by atoms with E-state index in [1.165, 1.54) is 27.7 Å². The molecule has 0 bridgehead atoms. The summed E-state index contributed by atoms with van der Waals surface area (Å²) in [5, 5.41) is 5.88. The lowest BCUT2D eigenvalue weighted by Gasteiger charge is -2.18. The van der Waals surface area contributed by atoms with Crippen LogP contribution in [0.2, 0.25) is 0 Å². The van der Waals surface area contributed by atoms with Crippen molar-refractivity contribution in [2.24, 2.45) is 0 Å². The second-order valence-electron chi connectivity index (χ2n) is 3.85. The maximum absolute atomic E-state index is 3.59. The van der Waals surface area contributed by atoms with Crippen LogP contribution in [-0.2, 0) is 0 Å². The van der Waals surface area contributed by atoms with Gasteiger partial charge in [-0.05, 0) is 65.4 Å². The molecule has 82 valence electrons. The molecule has 1 atom stereocenters. The molecule has 0 saturated carbocycles. The van der Waals surface area contributed by atoms with E-state index in [-0.39, 0.29) is 0 Å². The smallest absolute Gasteiger partial charge is 0.0656 e. The normalized spacial score (nSPS) is 17.9. The Kier molecular flexibility index (Phi) is 4.22. The molecule has 2 rings (SSSR count). The van der Waals surface area contributed by atoms with Crippen molar-refractivity contribution in [3.63, 3.8) is 0 Å². The molecule has 1 aliphatic carbocycles. The zero-order valence-electron chi connectivity index (χ0n) is 8.92. The Labute approximate surface area is 109 Å². The van der Waals surface area contributed by atoms with Crippen LogP contribution < -0.4 is 5.32 Å². The highest BCUT2D eigenvalue weighted by Crippen LogP contribution is 2.33. The average Bonchev–Trinajstić information content (AvgIpc) is 2.85. The standard InChI is InChI=1S/C12H16INS/c1-2-14-12(9-5-3-4-6-9)10-7-11(13)15-8-10/h5,7-8,12,14H,2-4,6H2,1H3. The summed E-state index contributed by atoms with van der Waals surface area (Å²) in [5.74, 6) is 0. The summed E-state index contributed by atoms with van der Waals surface area (Å²) < 4.78 is 1.38. The number of likely N-dealkylation sites (N-methyl/N-ethyl adjacent to an activating group) is 1. The third-order valence-electron chi connectivity index (χ3n) is 2.78. The van der Waals surface area contributed by atoms with Gasteiger partial charge in [-0.25, -0.2) is 0 Å². The quantitative estimate of drug-likeness (QED) is 0.646. The van der Waals surface area contributed by atoms with Crippen LogP contribution in [-0.4, -0.2) is 6.54 Å². The maximum Gasteiger partial charge on any atom is 0.0656 e. The molecule has 15 heavy (non-hydrogen) atoms. The third-order valence-corrected chi connectivity index (χ3v) is 4.58. The zero-order valence-corrected chi connectivity index (χ0v) is 11.9. The van der Waals surface area contributed by atoms with Crippen molar-refractivity contribution < 1.29 is 0 Å². The largest absolute Gasteiger partial charge is 0.307 e. The van der Waals surface area contributed by atoms with Crippen molar-refractivity contribution in [3.8, 4) is 0 Å². The van der Waals surface area contributed by atoms with E-state index in [0.717, 1.165) is 6.54 Å². The van der Waals surface area contributed by atoms with E-state index >= 15 is 0 Å². The van der Waals surface area contributed by atoms with Gasteiger partial charge in [0.05, 0.1) is 8.93 Å². The third kappa shape index (κ3) is 2.82. The van der Waals surface area contributed by atoms with Crippen molar-refractivity contribution in [2.45, 2.75) is 32.2 Å². The predicted molar refractivity (Wildman–Crippen MR) is 75.4 cm³/mol. The molecule has 0 saturated heterocycles. The number of hydrogen-bond donors (Lipinski definition) is 1. The summed E-state index contributed by atoms with van der Waals surface area (Å²) in [6.07, 6.45) is 6.28. The lowest BCUT2D eigenvalue weighted by Crippen LogP contribution is -2.21. The van der Waals surface area contributed by atoms with Gasteiger partial charge >= 0.3 is 0 Å². The number of nitrogens with one attached hydrogen (secondary N) is 1. The molecule has 1 N–H and O–H groups in total. The van der Waals surface area contributed by atoms with E-state index in [1.54, 1.807) is 5.57 Å². The minimum Gasteiger partial charge on any atom is -0.307 e. The van der Waals surface area contributed by atoms with Crippen LogP contribution in [0, 0.1) is 2.88 Å². The fourth-order valence-electron chi connectivity index (χ4n) is 2.10. The first-order valence-electron chi connectivity index (χ1n) is 5.47. The minimum absolute atomic E-state index is 0.470. The van der Waals surface area contributed by atoms with Crippen molar-refractivity contribution in [1.29, 1.82) is 0 Å². The molecule has 1 aromatic rings. The predicted octanol–water partition coefficient (Wildman–Crippen LogP) is 4.11. The number of halogens is 1.